The van der Waals surface area contributed by atoms with Crippen LogP contribution in [0.4, 0.5) is 0 Å². The van der Waals surface area contributed by atoms with Gasteiger partial charge in [0.1, 0.15) is 0 Å². The molecule has 1 aromatic heterocycles. The molecule has 0 fully saturated rings. The molecule has 12 rings (SSSR count). The zero-order chi connectivity index (χ0) is 35.4. The number of fused-ring (bicyclic) bond motifs is 13. The molecule has 250 valence electrons. The zero-order valence-corrected chi connectivity index (χ0v) is 29.5. The molecule has 54 heavy (non-hydrogen) atoms. The molecule has 8 aromatic carbocycles. The third-order valence-corrected chi connectivity index (χ3v) is 12.6. The van der Waals surface area contributed by atoms with E-state index in [1.807, 2.05) is 0 Å². The van der Waals surface area contributed by atoms with E-state index in [-0.39, 0.29) is 0 Å². The van der Waals surface area contributed by atoms with Gasteiger partial charge in [-0.05, 0) is 90.0 Å². The van der Waals surface area contributed by atoms with Gasteiger partial charge in [-0.25, -0.2) is 4.98 Å². The molecule has 0 bridgehead atoms. The van der Waals surface area contributed by atoms with E-state index < -0.39 is 10.8 Å². The Hall–Kier alpha value is -6.83. The Balaban J connectivity index is 1.22. The van der Waals surface area contributed by atoms with Crippen LogP contribution in [0.5, 0.6) is 0 Å². The van der Waals surface area contributed by atoms with E-state index in [2.05, 4.69) is 200 Å². The predicted molar refractivity (Wildman–Crippen MR) is 221 cm³/mol. The first-order valence-electron chi connectivity index (χ1n) is 18.9. The molecule has 2 atom stereocenters. The summed E-state index contributed by atoms with van der Waals surface area (Å²) >= 11 is 0. The third-order valence-electron chi connectivity index (χ3n) is 12.6. The van der Waals surface area contributed by atoms with Crippen LogP contribution in [0.2, 0.25) is 0 Å². The second-order valence-electron chi connectivity index (χ2n) is 14.9. The summed E-state index contributed by atoms with van der Waals surface area (Å²) in [5.41, 5.74) is 20.5. The molecule has 0 amide bonds. The highest BCUT2D eigenvalue weighted by Crippen LogP contribution is 2.69. The second kappa shape index (κ2) is 10.9. The average molecular weight is 684 g/mol. The van der Waals surface area contributed by atoms with Crippen LogP contribution in [0.1, 0.15) is 44.5 Å². The summed E-state index contributed by atoms with van der Waals surface area (Å²) < 4.78 is 0. The first kappa shape index (κ1) is 29.7. The Morgan fingerprint density at radius 2 is 0.870 bits per heavy atom. The maximum absolute atomic E-state index is 5.42. The lowest BCUT2D eigenvalue weighted by Gasteiger charge is -2.48. The molecule has 0 radical (unpaired) electrons. The maximum Gasteiger partial charge on any atom is 0.0722 e. The number of benzene rings is 8. The van der Waals surface area contributed by atoms with Crippen molar-refractivity contribution in [3.8, 4) is 44.6 Å². The Kier molecular flexibility index (Phi) is 5.97. The van der Waals surface area contributed by atoms with E-state index in [0.717, 1.165) is 22.2 Å². The molecule has 9 aromatic rings. The first-order valence-corrected chi connectivity index (χ1v) is 18.9. The van der Waals surface area contributed by atoms with E-state index >= 15 is 0 Å². The van der Waals surface area contributed by atoms with Crippen LogP contribution < -0.4 is 0 Å². The minimum Gasteiger partial charge on any atom is -0.248 e. The maximum atomic E-state index is 5.42. The van der Waals surface area contributed by atoms with Gasteiger partial charge in [0.25, 0.3) is 0 Å². The van der Waals surface area contributed by atoms with Crippen molar-refractivity contribution in [3.63, 3.8) is 0 Å². The standard InChI is InChI=1S/C53H33N/c1-3-17-34(18-4-1)41-33-49(54-48-32-14-9-22-37(41)48)40-25-16-30-46-50(40)39-23-8-11-27-43(39)53(46)45-29-13-12-28-44(45)52(35-19-5-2-6-20-35)42-26-10-7-21-36(42)38-24-15-31-47(53)51(38)52/h1-33H. The predicted octanol–water partition coefficient (Wildman–Crippen LogP) is 12.6. The summed E-state index contributed by atoms with van der Waals surface area (Å²) in [5.74, 6) is 0. The largest absolute Gasteiger partial charge is 0.248 e. The molecule has 2 unspecified atom stereocenters. The van der Waals surface area contributed by atoms with E-state index in [0.29, 0.717) is 0 Å². The highest BCUT2D eigenvalue weighted by Gasteiger charge is 2.59. The number of hydrogen-bond acceptors (Lipinski definition) is 1. The van der Waals surface area contributed by atoms with Crippen molar-refractivity contribution < 1.29 is 0 Å². The summed E-state index contributed by atoms with van der Waals surface area (Å²) in [6.07, 6.45) is 0. The van der Waals surface area contributed by atoms with E-state index in [1.165, 1.54) is 77.9 Å². The number of hydrogen-bond donors (Lipinski definition) is 0. The summed E-state index contributed by atoms with van der Waals surface area (Å²) in [5, 5.41) is 1.16. The highest BCUT2D eigenvalue weighted by molar-refractivity contribution is 6.02. The SMILES string of the molecule is c1ccc(-c2cc(-c3cccc4c3-c3ccccc3C43c4ccccc4C4(c5ccccc5)c5ccccc5-c5cccc3c54)nc3ccccc23)cc1. The van der Waals surface area contributed by atoms with E-state index in [4.69, 9.17) is 4.98 Å². The summed E-state index contributed by atoms with van der Waals surface area (Å²) in [7, 11) is 0. The molecule has 0 saturated heterocycles. The van der Waals surface area contributed by atoms with Crippen molar-refractivity contribution in [3.05, 3.63) is 245 Å². The van der Waals surface area contributed by atoms with Crippen molar-refractivity contribution in [2.45, 2.75) is 10.8 Å². The van der Waals surface area contributed by atoms with Gasteiger partial charge in [-0.15, -0.1) is 0 Å². The molecular formula is C53H33N. The Bertz CT molecular complexity index is 3000. The monoisotopic (exact) mass is 683 g/mol. The fraction of sp³-hybridized carbons (Fsp3) is 0.0377. The lowest BCUT2D eigenvalue weighted by atomic mass is 9.52. The number of aromatic nitrogens is 1. The third kappa shape index (κ3) is 3.57. The van der Waals surface area contributed by atoms with Gasteiger partial charge in [-0.2, -0.15) is 0 Å². The van der Waals surface area contributed by atoms with Gasteiger partial charge >= 0.3 is 0 Å². The number of para-hydroxylation sites is 1. The van der Waals surface area contributed by atoms with Gasteiger partial charge in [0.15, 0.2) is 0 Å². The minimum absolute atomic E-state index is 0.453. The van der Waals surface area contributed by atoms with Gasteiger partial charge in [-0.3, -0.25) is 0 Å². The van der Waals surface area contributed by atoms with Crippen LogP contribution in [0, 0.1) is 0 Å². The fourth-order valence-corrected chi connectivity index (χ4v) is 10.7. The van der Waals surface area contributed by atoms with Crippen LogP contribution in [-0.4, -0.2) is 4.98 Å². The van der Waals surface area contributed by atoms with Crippen molar-refractivity contribution in [1.29, 1.82) is 0 Å². The first-order chi connectivity index (χ1) is 26.8. The van der Waals surface area contributed by atoms with Crippen LogP contribution in [0.25, 0.3) is 55.5 Å². The molecule has 0 N–H and O–H groups in total. The average Bonchev–Trinajstić information content (AvgIpc) is 3.73. The van der Waals surface area contributed by atoms with Crippen molar-refractivity contribution in [2.24, 2.45) is 0 Å². The molecule has 1 heterocycles. The smallest absolute Gasteiger partial charge is 0.0722 e. The lowest BCUT2D eigenvalue weighted by Crippen LogP contribution is -2.43. The number of nitrogens with zero attached hydrogens (tertiary/aromatic N) is 1. The molecule has 1 nitrogen and oxygen atoms in total. The second-order valence-corrected chi connectivity index (χ2v) is 14.9. The topological polar surface area (TPSA) is 12.9 Å². The van der Waals surface area contributed by atoms with Gasteiger partial charge in [0, 0.05) is 10.9 Å². The molecular weight excluding hydrogens is 651 g/mol. The van der Waals surface area contributed by atoms with Crippen molar-refractivity contribution in [1.82, 2.24) is 4.98 Å². The fourth-order valence-electron chi connectivity index (χ4n) is 10.7. The van der Waals surface area contributed by atoms with Crippen LogP contribution in [0.3, 0.4) is 0 Å². The quantitative estimate of drug-likeness (QED) is 0.181. The van der Waals surface area contributed by atoms with Crippen LogP contribution >= 0.6 is 0 Å². The Morgan fingerprint density at radius 3 is 1.65 bits per heavy atom. The molecule has 0 saturated carbocycles. The van der Waals surface area contributed by atoms with Crippen LogP contribution in [-0.2, 0) is 10.8 Å². The van der Waals surface area contributed by atoms with Gasteiger partial charge < -0.3 is 0 Å². The van der Waals surface area contributed by atoms with Crippen LogP contribution in [0.15, 0.2) is 200 Å². The van der Waals surface area contributed by atoms with E-state index in [9.17, 15) is 0 Å². The Labute approximate surface area is 314 Å². The summed E-state index contributed by atoms with van der Waals surface area (Å²) in [6.45, 7) is 0. The number of pyridine rings is 1. The van der Waals surface area contributed by atoms with Gasteiger partial charge in [-0.1, -0.05) is 188 Å². The number of rotatable bonds is 3. The highest BCUT2D eigenvalue weighted by atomic mass is 14.7. The van der Waals surface area contributed by atoms with Gasteiger partial charge in [0.05, 0.1) is 22.0 Å². The van der Waals surface area contributed by atoms with Crippen molar-refractivity contribution >= 4 is 10.9 Å². The molecule has 0 aliphatic heterocycles. The zero-order valence-electron chi connectivity index (χ0n) is 29.5. The molecule has 3 aliphatic carbocycles. The molecule has 1 spiro atoms. The van der Waals surface area contributed by atoms with Gasteiger partial charge in [0.2, 0.25) is 0 Å². The van der Waals surface area contributed by atoms with E-state index in [1.54, 1.807) is 0 Å². The minimum atomic E-state index is -0.538. The lowest BCUT2D eigenvalue weighted by molar-refractivity contribution is 0.636. The van der Waals surface area contributed by atoms with Crippen molar-refractivity contribution in [2.75, 3.05) is 0 Å². The summed E-state index contributed by atoms with van der Waals surface area (Å²) in [6, 6.07) is 74.4. The molecule has 1 heteroatoms. The molecule has 3 aliphatic rings. The summed E-state index contributed by atoms with van der Waals surface area (Å²) in [4.78, 5) is 5.42. The normalized spacial score (nSPS) is 18.1. The Morgan fingerprint density at radius 1 is 0.333 bits per heavy atom.